The van der Waals surface area contributed by atoms with Crippen molar-refractivity contribution in [3.63, 3.8) is 0 Å². The summed E-state index contributed by atoms with van der Waals surface area (Å²) in [4.78, 5) is 0. The van der Waals surface area contributed by atoms with Gasteiger partial charge < -0.3 is 14.9 Å². The number of rotatable bonds is 7. The molecule has 9 heteroatoms. The average Bonchev–Trinajstić information content (AvgIpc) is 3.03. The predicted octanol–water partition coefficient (Wildman–Crippen LogP) is 5.07. The second-order valence-electron chi connectivity index (χ2n) is 5.54. The molecule has 0 aliphatic heterocycles. The van der Waals surface area contributed by atoms with Crippen LogP contribution < -0.4 is 14.9 Å². The third-order valence-corrected chi connectivity index (χ3v) is 4.64. The molecule has 0 fully saturated rings. The lowest BCUT2D eigenvalue weighted by molar-refractivity contribution is 0.340. The van der Waals surface area contributed by atoms with Crippen molar-refractivity contribution in [2.75, 3.05) is 19.1 Å². The van der Waals surface area contributed by atoms with Crippen LogP contribution in [0.3, 0.4) is 0 Å². The molecule has 0 amide bonds. The molecule has 3 aromatic rings. The van der Waals surface area contributed by atoms with E-state index in [-0.39, 0.29) is 0 Å². The van der Waals surface area contributed by atoms with Crippen LogP contribution >= 0.6 is 35.4 Å². The Kier molecular flexibility index (Phi) is 6.26. The normalized spacial score (nSPS) is 10.7. The van der Waals surface area contributed by atoms with Crippen LogP contribution in [0.4, 0.5) is 0 Å². The maximum Gasteiger partial charge on any atom is 0.214 e. The van der Waals surface area contributed by atoms with E-state index in [2.05, 4.69) is 15.6 Å². The van der Waals surface area contributed by atoms with Crippen molar-refractivity contribution in [2.24, 2.45) is 0 Å². The first-order valence-electron chi connectivity index (χ1n) is 8.20. The van der Waals surface area contributed by atoms with Crippen molar-refractivity contribution in [3.8, 4) is 22.9 Å². The second kappa shape index (κ2) is 8.65. The Balaban J connectivity index is 1.88. The fourth-order valence-corrected chi connectivity index (χ4v) is 3.46. The number of hydrogen-bond acceptors (Lipinski definition) is 5. The smallest absolute Gasteiger partial charge is 0.214 e. The number of H-pyrrole nitrogens is 1. The molecular weight excluding hydrogens is 407 g/mol. The summed E-state index contributed by atoms with van der Waals surface area (Å²) in [6.07, 6.45) is 0. The molecule has 0 radical (unpaired) electrons. The number of methoxy groups -OCH3 is 1. The average molecular weight is 425 g/mol. The van der Waals surface area contributed by atoms with Crippen LogP contribution in [0.5, 0.6) is 11.5 Å². The summed E-state index contributed by atoms with van der Waals surface area (Å²) in [6, 6.07) is 11.2. The van der Waals surface area contributed by atoms with Crippen LogP contribution in [0, 0.1) is 4.77 Å². The molecule has 0 atom stereocenters. The Hall–Kier alpha value is -2.22. The molecule has 0 aliphatic rings. The molecule has 0 bridgehead atoms. The van der Waals surface area contributed by atoms with E-state index in [1.807, 2.05) is 31.2 Å². The second-order valence-corrected chi connectivity index (χ2v) is 6.75. The van der Waals surface area contributed by atoms with Crippen molar-refractivity contribution in [1.82, 2.24) is 14.9 Å². The number of aromatic nitrogens is 3. The minimum Gasteiger partial charge on any atom is -0.496 e. The number of aromatic amines is 1. The third kappa shape index (κ3) is 4.21. The summed E-state index contributed by atoms with van der Waals surface area (Å²) in [7, 11) is 1.61. The summed E-state index contributed by atoms with van der Waals surface area (Å²) in [5, 5.41) is 8.03. The van der Waals surface area contributed by atoms with Gasteiger partial charge in [-0.25, -0.2) is 9.77 Å². The summed E-state index contributed by atoms with van der Waals surface area (Å²) in [5.74, 6) is 1.79. The Morgan fingerprint density at radius 1 is 1.22 bits per heavy atom. The highest BCUT2D eigenvalue weighted by molar-refractivity contribution is 7.71. The quantitative estimate of drug-likeness (QED) is 0.518. The van der Waals surface area contributed by atoms with Gasteiger partial charge in [0.1, 0.15) is 5.75 Å². The lowest BCUT2D eigenvalue weighted by atomic mass is 10.2. The first kappa shape index (κ1) is 19.5. The largest absolute Gasteiger partial charge is 0.496 e. The third-order valence-electron chi connectivity index (χ3n) is 3.81. The molecule has 2 N–H and O–H groups in total. The fraction of sp³-hybridized carbons (Fsp3) is 0.222. The van der Waals surface area contributed by atoms with Crippen molar-refractivity contribution in [1.29, 1.82) is 0 Å². The summed E-state index contributed by atoms with van der Waals surface area (Å²) in [5.41, 5.74) is 4.92. The van der Waals surface area contributed by atoms with Gasteiger partial charge in [0.15, 0.2) is 11.6 Å². The van der Waals surface area contributed by atoms with Gasteiger partial charge in [-0.2, -0.15) is 5.10 Å². The molecule has 1 heterocycles. The van der Waals surface area contributed by atoms with Gasteiger partial charge in [-0.3, -0.25) is 0 Å². The van der Waals surface area contributed by atoms with Crippen molar-refractivity contribution < 1.29 is 9.47 Å². The molecule has 142 valence electrons. The highest BCUT2D eigenvalue weighted by atomic mass is 35.5. The molecule has 2 aromatic carbocycles. The van der Waals surface area contributed by atoms with Gasteiger partial charge in [0.05, 0.1) is 35.9 Å². The van der Waals surface area contributed by atoms with E-state index in [4.69, 9.17) is 44.9 Å². The number of hydrogen-bond donors (Lipinski definition) is 2. The number of halogens is 2. The number of para-hydroxylation sites is 1. The Labute approximate surface area is 172 Å². The molecule has 0 saturated carbocycles. The van der Waals surface area contributed by atoms with E-state index in [0.717, 1.165) is 11.1 Å². The predicted molar refractivity (Wildman–Crippen MR) is 110 cm³/mol. The lowest BCUT2D eigenvalue weighted by Crippen LogP contribution is -2.16. The van der Waals surface area contributed by atoms with Crippen LogP contribution in [-0.2, 0) is 6.54 Å². The summed E-state index contributed by atoms with van der Waals surface area (Å²) in [6.45, 7) is 2.80. The molecule has 0 saturated heterocycles. The maximum absolute atomic E-state index is 6.27. The van der Waals surface area contributed by atoms with Crippen molar-refractivity contribution >= 4 is 35.4 Å². The summed E-state index contributed by atoms with van der Waals surface area (Å²) >= 11 is 17.9. The van der Waals surface area contributed by atoms with Crippen LogP contribution in [0.25, 0.3) is 11.4 Å². The van der Waals surface area contributed by atoms with Crippen LogP contribution in [-0.4, -0.2) is 28.6 Å². The first-order valence-corrected chi connectivity index (χ1v) is 9.37. The standard InChI is InChI=1S/C18H18Cl2N4O2S/c1-3-26-16-13(19)8-11(9-14(16)20)10-21-24-17(22-23-18(24)27)12-6-4-5-7-15(12)25-2/h4-9,21H,3,10H2,1-2H3,(H,23,27). The fourth-order valence-electron chi connectivity index (χ4n) is 2.62. The first-order chi connectivity index (χ1) is 13.0. The van der Waals surface area contributed by atoms with E-state index in [9.17, 15) is 0 Å². The van der Waals surface area contributed by atoms with Crippen molar-refractivity contribution in [2.45, 2.75) is 13.5 Å². The molecule has 3 rings (SSSR count). The zero-order chi connectivity index (χ0) is 19.4. The number of nitrogens with zero attached hydrogens (tertiary/aromatic N) is 2. The summed E-state index contributed by atoms with van der Waals surface area (Å²) < 4.78 is 13.0. The molecule has 0 unspecified atom stereocenters. The van der Waals surface area contributed by atoms with Gasteiger partial charge in [0.25, 0.3) is 0 Å². The highest BCUT2D eigenvalue weighted by Crippen LogP contribution is 2.34. The van der Waals surface area contributed by atoms with E-state index < -0.39 is 0 Å². The molecule has 1 aromatic heterocycles. The maximum atomic E-state index is 6.27. The molecule has 6 nitrogen and oxygen atoms in total. The van der Waals surface area contributed by atoms with Gasteiger partial charge in [0.2, 0.25) is 4.77 Å². The zero-order valence-electron chi connectivity index (χ0n) is 14.8. The number of ether oxygens (including phenoxy) is 2. The lowest BCUT2D eigenvalue weighted by Gasteiger charge is -2.14. The monoisotopic (exact) mass is 424 g/mol. The Morgan fingerprint density at radius 3 is 2.59 bits per heavy atom. The van der Waals surface area contributed by atoms with Crippen LogP contribution in [0.1, 0.15) is 12.5 Å². The molecular formula is C18H18Cl2N4O2S. The van der Waals surface area contributed by atoms with Gasteiger partial charge in [-0.1, -0.05) is 35.3 Å². The number of benzene rings is 2. The SMILES string of the molecule is CCOc1c(Cl)cc(CNn2c(-c3ccccc3OC)n[nH]c2=S)cc1Cl. The van der Waals surface area contributed by atoms with E-state index >= 15 is 0 Å². The molecule has 0 aliphatic carbocycles. The minimum absolute atomic E-state index is 0.430. The van der Waals surface area contributed by atoms with Gasteiger partial charge in [-0.05, 0) is 49.0 Å². The van der Waals surface area contributed by atoms with E-state index in [0.29, 0.717) is 45.3 Å². The highest BCUT2D eigenvalue weighted by Gasteiger charge is 2.14. The molecule has 27 heavy (non-hydrogen) atoms. The van der Waals surface area contributed by atoms with Crippen LogP contribution in [0.15, 0.2) is 36.4 Å². The van der Waals surface area contributed by atoms with Crippen LogP contribution in [0.2, 0.25) is 10.0 Å². The van der Waals surface area contributed by atoms with Gasteiger partial charge in [-0.15, -0.1) is 0 Å². The minimum atomic E-state index is 0.430. The molecule has 0 spiro atoms. The number of nitrogens with one attached hydrogen (secondary N) is 2. The van der Waals surface area contributed by atoms with Crippen molar-refractivity contribution in [3.05, 3.63) is 56.8 Å². The zero-order valence-corrected chi connectivity index (χ0v) is 17.1. The topological polar surface area (TPSA) is 64.1 Å². The van der Waals surface area contributed by atoms with Gasteiger partial charge in [0, 0.05) is 0 Å². The Bertz CT molecular complexity index is 980. The van der Waals surface area contributed by atoms with E-state index in [1.54, 1.807) is 23.9 Å². The van der Waals surface area contributed by atoms with E-state index in [1.165, 1.54) is 0 Å². The Morgan fingerprint density at radius 2 is 1.93 bits per heavy atom. The van der Waals surface area contributed by atoms with Gasteiger partial charge >= 0.3 is 0 Å².